The number of hydrogen-bond acceptors (Lipinski definition) is 4. The van der Waals surface area contributed by atoms with Gasteiger partial charge in [0.2, 0.25) is 0 Å². The van der Waals surface area contributed by atoms with Crippen LogP contribution in [0, 0.1) is 0 Å². The Balaban J connectivity index is 2.17. The Hall–Kier alpha value is -0.875. The van der Waals surface area contributed by atoms with Crippen LogP contribution in [0.5, 0.6) is 0 Å². The van der Waals surface area contributed by atoms with Gasteiger partial charge in [-0.25, -0.2) is 0 Å². The van der Waals surface area contributed by atoms with E-state index in [0.29, 0.717) is 6.61 Å². The summed E-state index contributed by atoms with van der Waals surface area (Å²) in [6.07, 6.45) is 0. The van der Waals surface area contributed by atoms with Crippen molar-refractivity contribution >= 4 is 7.12 Å². The summed E-state index contributed by atoms with van der Waals surface area (Å²) in [7, 11) is 1.29. The molecule has 0 unspecified atom stereocenters. The molecule has 1 aliphatic heterocycles. The Morgan fingerprint density at radius 1 is 1.05 bits per heavy atom. The van der Waals surface area contributed by atoms with Crippen molar-refractivity contribution in [2.45, 2.75) is 44.7 Å². The third kappa shape index (κ3) is 3.66. The molecule has 5 heteroatoms. The molecule has 1 fully saturated rings. The maximum atomic E-state index is 6.17. The van der Waals surface area contributed by atoms with Gasteiger partial charge in [0.25, 0.3) is 0 Å². The predicted molar refractivity (Wildman–Crippen MR) is 83.1 cm³/mol. The van der Waals surface area contributed by atoms with Crippen LogP contribution in [0.4, 0.5) is 0 Å². The van der Waals surface area contributed by atoms with Crippen LogP contribution in [0.3, 0.4) is 0 Å². The number of benzene rings is 1. The fraction of sp³-hybridized carbons (Fsp3) is 0.625. The van der Waals surface area contributed by atoms with E-state index in [-0.39, 0.29) is 30.9 Å². The van der Waals surface area contributed by atoms with Crippen LogP contribution in [0.1, 0.15) is 39.1 Å². The van der Waals surface area contributed by atoms with Crippen molar-refractivity contribution in [2.75, 3.05) is 20.5 Å². The zero-order valence-electron chi connectivity index (χ0n) is 13.6. The van der Waals surface area contributed by atoms with Gasteiger partial charge in [-0.1, -0.05) is 30.3 Å². The van der Waals surface area contributed by atoms with Crippen molar-refractivity contribution in [3.8, 4) is 0 Å². The zero-order chi connectivity index (χ0) is 15.5. The molecule has 0 spiro atoms. The average molecular weight is 292 g/mol. The smallest absolute Gasteiger partial charge is 0.403 e. The van der Waals surface area contributed by atoms with Gasteiger partial charge in [0.05, 0.1) is 17.8 Å². The fourth-order valence-corrected chi connectivity index (χ4v) is 2.34. The molecule has 116 valence electrons. The third-order valence-electron chi connectivity index (χ3n) is 4.33. The summed E-state index contributed by atoms with van der Waals surface area (Å²) < 4.78 is 22.9. The Kier molecular flexibility index (Phi) is 5.09. The molecular formula is C16H25BO4. The first-order valence-corrected chi connectivity index (χ1v) is 7.34. The largest absolute Gasteiger partial charge is 0.468 e. The Morgan fingerprint density at radius 2 is 1.62 bits per heavy atom. The minimum atomic E-state index is -0.341. The van der Waals surface area contributed by atoms with Gasteiger partial charge >= 0.3 is 7.12 Å². The van der Waals surface area contributed by atoms with Gasteiger partial charge in [-0.05, 0) is 33.3 Å². The Bertz CT molecular complexity index is 431. The molecule has 0 bridgehead atoms. The SMILES string of the molecule is COCOC[C@H](B1OC(C)(C)C(C)(C)O1)c1ccccc1. The van der Waals surface area contributed by atoms with Crippen LogP contribution >= 0.6 is 0 Å². The highest BCUT2D eigenvalue weighted by Gasteiger charge is 2.54. The van der Waals surface area contributed by atoms with E-state index in [1.807, 2.05) is 18.2 Å². The second kappa shape index (κ2) is 6.49. The van der Waals surface area contributed by atoms with Crippen LogP contribution in [-0.2, 0) is 18.8 Å². The van der Waals surface area contributed by atoms with Gasteiger partial charge in [-0.2, -0.15) is 0 Å². The lowest BCUT2D eigenvalue weighted by Crippen LogP contribution is -2.41. The fourth-order valence-electron chi connectivity index (χ4n) is 2.34. The van der Waals surface area contributed by atoms with E-state index >= 15 is 0 Å². The third-order valence-corrected chi connectivity index (χ3v) is 4.33. The van der Waals surface area contributed by atoms with Gasteiger partial charge in [-0.15, -0.1) is 0 Å². The molecule has 2 rings (SSSR count). The first kappa shape index (κ1) is 16.5. The second-order valence-electron chi connectivity index (χ2n) is 6.42. The minimum absolute atomic E-state index is 0.0161. The van der Waals surface area contributed by atoms with Crippen molar-refractivity contribution < 1.29 is 18.8 Å². The van der Waals surface area contributed by atoms with E-state index in [4.69, 9.17) is 18.8 Å². The van der Waals surface area contributed by atoms with Crippen LogP contribution in [0.2, 0.25) is 0 Å². The van der Waals surface area contributed by atoms with E-state index in [2.05, 4.69) is 39.8 Å². The summed E-state index contributed by atoms with van der Waals surface area (Å²) >= 11 is 0. The second-order valence-corrected chi connectivity index (χ2v) is 6.42. The first-order valence-electron chi connectivity index (χ1n) is 7.34. The molecule has 4 nitrogen and oxygen atoms in total. The average Bonchev–Trinajstić information content (AvgIpc) is 2.64. The van der Waals surface area contributed by atoms with Gasteiger partial charge in [0.1, 0.15) is 6.79 Å². The summed E-state index contributed by atoms with van der Waals surface area (Å²) in [4.78, 5) is 0. The molecule has 0 aliphatic carbocycles. The summed E-state index contributed by atoms with van der Waals surface area (Å²) in [5.41, 5.74) is 0.463. The van der Waals surface area contributed by atoms with Crippen molar-refractivity contribution in [1.82, 2.24) is 0 Å². The van der Waals surface area contributed by atoms with Gasteiger partial charge < -0.3 is 18.8 Å². The molecule has 21 heavy (non-hydrogen) atoms. The number of hydrogen-bond donors (Lipinski definition) is 0. The topological polar surface area (TPSA) is 36.9 Å². The predicted octanol–water partition coefficient (Wildman–Crippen LogP) is 3.02. The molecule has 1 aromatic carbocycles. The van der Waals surface area contributed by atoms with Crippen LogP contribution in [-0.4, -0.2) is 38.8 Å². The maximum Gasteiger partial charge on any atom is 0.468 e. The lowest BCUT2D eigenvalue weighted by molar-refractivity contribution is -0.0326. The molecule has 0 aromatic heterocycles. The molecule has 0 radical (unpaired) electrons. The van der Waals surface area contributed by atoms with Gasteiger partial charge in [0, 0.05) is 12.9 Å². The highest BCUT2D eigenvalue weighted by Crippen LogP contribution is 2.40. The van der Waals surface area contributed by atoms with Crippen molar-refractivity contribution in [1.29, 1.82) is 0 Å². The summed E-state index contributed by atoms with van der Waals surface area (Å²) in [5, 5.41) is 0. The number of rotatable bonds is 6. The lowest BCUT2D eigenvalue weighted by Gasteiger charge is -2.32. The Morgan fingerprint density at radius 3 is 2.14 bits per heavy atom. The molecule has 1 saturated heterocycles. The number of methoxy groups -OCH3 is 1. The normalized spacial score (nSPS) is 21.5. The summed E-state index contributed by atoms with van der Waals surface area (Å²) in [6.45, 7) is 9.00. The maximum absolute atomic E-state index is 6.17. The molecule has 1 atom stereocenters. The highest BCUT2D eigenvalue weighted by molar-refractivity contribution is 6.47. The summed E-state index contributed by atoms with van der Waals surface area (Å²) in [5.74, 6) is 0.0161. The molecule has 1 aromatic rings. The van der Waals surface area contributed by atoms with E-state index in [0.717, 1.165) is 5.56 Å². The molecule has 0 saturated carbocycles. The van der Waals surface area contributed by atoms with E-state index in [1.165, 1.54) is 0 Å². The zero-order valence-corrected chi connectivity index (χ0v) is 13.6. The van der Waals surface area contributed by atoms with Crippen LogP contribution < -0.4 is 0 Å². The van der Waals surface area contributed by atoms with Gasteiger partial charge in [-0.3, -0.25) is 0 Å². The molecule has 1 aliphatic rings. The minimum Gasteiger partial charge on any atom is -0.403 e. The van der Waals surface area contributed by atoms with Crippen LogP contribution in [0.25, 0.3) is 0 Å². The highest BCUT2D eigenvalue weighted by atomic mass is 16.7. The van der Waals surface area contributed by atoms with Crippen molar-refractivity contribution in [3.63, 3.8) is 0 Å². The van der Waals surface area contributed by atoms with E-state index < -0.39 is 0 Å². The molecular weight excluding hydrogens is 267 g/mol. The molecule has 0 amide bonds. The lowest BCUT2D eigenvalue weighted by atomic mass is 9.68. The Labute approximate surface area is 127 Å². The molecule has 0 N–H and O–H groups in total. The van der Waals surface area contributed by atoms with E-state index in [1.54, 1.807) is 7.11 Å². The van der Waals surface area contributed by atoms with Gasteiger partial charge in [0.15, 0.2) is 0 Å². The standard InChI is InChI=1S/C16H25BO4/c1-15(2)16(3,4)21-17(20-15)14(11-19-12-18-5)13-9-7-6-8-10-13/h6-10,14H,11-12H2,1-5H3/t14-/m0/s1. The van der Waals surface area contributed by atoms with Crippen molar-refractivity contribution in [3.05, 3.63) is 35.9 Å². The number of ether oxygens (including phenoxy) is 2. The first-order chi connectivity index (χ1) is 9.87. The monoisotopic (exact) mass is 292 g/mol. The molecule has 1 heterocycles. The summed E-state index contributed by atoms with van der Waals surface area (Å²) in [6, 6.07) is 10.2. The van der Waals surface area contributed by atoms with Crippen LogP contribution in [0.15, 0.2) is 30.3 Å². The quantitative estimate of drug-likeness (QED) is 0.459. The van der Waals surface area contributed by atoms with Crippen molar-refractivity contribution in [2.24, 2.45) is 0 Å². The van der Waals surface area contributed by atoms with E-state index in [9.17, 15) is 0 Å².